The Hall–Kier alpha value is -1.14. The molecule has 0 spiro atoms. The summed E-state index contributed by atoms with van der Waals surface area (Å²) in [6.07, 6.45) is -0.569. The molecule has 0 aromatic heterocycles. The molecule has 1 aromatic carbocycles. The second-order valence-corrected chi connectivity index (χ2v) is 5.87. The van der Waals surface area contributed by atoms with Crippen molar-refractivity contribution in [1.82, 2.24) is 0 Å². The van der Waals surface area contributed by atoms with Gasteiger partial charge in [0, 0.05) is 11.4 Å². The first-order chi connectivity index (χ1) is 7.89. The third-order valence-corrected chi connectivity index (χ3v) is 4.53. The second kappa shape index (κ2) is 5.46. The van der Waals surface area contributed by atoms with Crippen LogP contribution in [-0.4, -0.2) is 31.4 Å². The third-order valence-electron chi connectivity index (χ3n) is 2.16. The van der Waals surface area contributed by atoms with Crippen molar-refractivity contribution >= 4 is 27.4 Å². The molecular weight excluding hydrogens is 271 g/mol. The number of sulfone groups is 1. The number of carboxylic acid groups (broad SMARTS) is 1. The monoisotopic (exact) mass is 280 g/mol. The standard InChI is InChI=1S/C10H10ClFO4S/c11-7-1-3-8(4-2-7)17(15,16)9(5-6-12)10(13)14/h1-4,9H,5-6H2,(H,13,14)/t9-/m1/s1. The summed E-state index contributed by atoms with van der Waals surface area (Å²) in [5.41, 5.74) is 0. The minimum Gasteiger partial charge on any atom is -0.480 e. The number of hydrogen-bond donors (Lipinski definition) is 1. The number of carbonyl (C=O) groups is 1. The van der Waals surface area contributed by atoms with Crippen LogP contribution in [-0.2, 0) is 14.6 Å². The molecule has 17 heavy (non-hydrogen) atoms. The van der Waals surface area contributed by atoms with Gasteiger partial charge in [0.25, 0.3) is 0 Å². The molecule has 0 saturated carbocycles. The maximum absolute atomic E-state index is 12.2. The average molecular weight is 281 g/mol. The highest BCUT2D eigenvalue weighted by Crippen LogP contribution is 2.21. The molecule has 0 aliphatic heterocycles. The molecule has 0 aliphatic rings. The maximum atomic E-state index is 12.2. The van der Waals surface area contributed by atoms with Crippen LogP contribution in [0.15, 0.2) is 29.2 Å². The Kier molecular flexibility index (Phi) is 4.47. The average Bonchev–Trinajstić information content (AvgIpc) is 2.25. The molecule has 0 bridgehead atoms. The Morgan fingerprint density at radius 2 is 1.88 bits per heavy atom. The SMILES string of the molecule is O=C(O)[C@@H](CCF)S(=O)(=O)c1ccc(Cl)cc1. The molecular formula is C10H10ClFO4S. The molecule has 0 fully saturated rings. The van der Waals surface area contributed by atoms with Crippen LogP contribution >= 0.6 is 11.6 Å². The van der Waals surface area contributed by atoms with Crippen molar-refractivity contribution in [2.45, 2.75) is 16.6 Å². The Morgan fingerprint density at radius 1 is 1.35 bits per heavy atom. The number of rotatable bonds is 5. The highest BCUT2D eigenvalue weighted by atomic mass is 35.5. The van der Waals surface area contributed by atoms with Gasteiger partial charge in [0.05, 0.1) is 11.6 Å². The molecule has 0 saturated heterocycles. The molecule has 94 valence electrons. The van der Waals surface area contributed by atoms with E-state index in [0.717, 1.165) is 0 Å². The lowest BCUT2D eigenvalue weighted by Crippen LogP contribution is -2.30. The van der Waals surface area contributed by atoms with Gasteiger partial charge in [0.15, 0.2) is 15.1 Å². The van der Waals surface area contributed by atoms with Crippen molar-refractivity contribution in [3.63, 3.8) is 0 Å². The summed E-state index contributed by atoms with van der Waals surface area (Å²) in [7, 11) is -4.08. The minimum absolute atomic E-state index is 0.178. The first-order valence-corrected chi connectivity index (χ1v) is 6.60. The fraction of sp³-hybridized carbons (Fsp3) is 0.300. The van der Waals surface area contributed by atoms with E-state index in [2.05, 4.69) is 0 Å². The van der Waals surface area contributed by atoms with Crippen LogP contribution in [0.5, 0.6) is 0 Å². The smallest absolute Gasteiger partial charge is 0.322 e. The third kappa shape index (κ3) is 3.17. The highest BCUT2D eigenvalue weighted by molar-refractivity contribution is 7.92. The number of alkyl halides is 1. The van der Waals surface area contributed by atoms with Crippen LogP contribution in [0.1, 0.15) is 6.42 Å². The van der Waals surface area contributed by atoms with Gasteiger partial charge in [-0.25, -0.2) is 8.42 Å². The molecule has 0 aliphatic carbocycles. The van der Waals surface area contributed by atoms with Crippen molar-refractivity contribution in [1.29, 1.82) is 0 Å². The van der Waals surface area contributed by atoms with Gasteiger partial charge in [-0.3, -0.25) is 9.18 Å². The number of benzene rings is 1. The summed E-state index contributed by atoms with van der Waals surface area (Å²) in [6.45, 7) is -1.01. The van der Waals surface area contributed by atoms with Crippen LogP contribution in [0.2, 0.25) is 5.02 Å². The molecule has 0 heterocycles. The van der Waals surface area contributed by atoms with E-state index in [4.69, 9.17) is 16.7 Å². The lowest BCUT2D eigenvalue weighted by molar-refractivity contribution is -0.136. The van der Waals surface area contributed by atoms with Gasteiger partial charge in [-0.05, 0) is 24.3 Å². The van der Waals surface area contributed by atoms with E-state index in [1.807, 2.05) is 0 Å². The van der Waals surface area contributed by atoms with Gasteiger partial charge < -0.3 is 5.11 Å². The van der Waals surface area contributed by atoms with Gasteiger partial charge in [-0.15, -0.1) is 0 Å². The largest absolute Gasteiger partial charge is 0.480 e. The molecule has 1 rings (SSSR count). The van der Waals surface area contributed by atoms with Gasteiger partial charge >= 0.3 is 5.97 Å². The quantitative estimate of drug-likeness (QED) is 0.894. The lowest BCUT2D eigenvalue weighted by Gasteiger charge is -2.11. The summed E-state index contributed by atoms with van der Waals surface area (Å²) < 4.78 is 35.9. The highest BCUT2D eigenvalue weighted by Gasteiger charge is 2.33. The molecule has 1 aromatic rings. The van der Waals surface area contributed by atoms with Crippen LogP contribution in [0, 0.1) is 0 Å². The Morgan fingerprint density at radius 3 is 2.29 bits per heavy atom. The fourth-order valence-corrected chi connectivity index (χ4v) is 2.93. The van der Waals surface area contributed by atoms with Crippen molar-refractivity contribution < 1.29 is 22.7 Å². The summed E-state index contributed by atoms with van der Waals surface area (Å²) in [6, 6.07) is 5.07. The van der Waals surface area contributed by atoms with Crippen molar-refractivity contribution in [3.8, 4) is 0 Å². The molecule has 0 amide bonds. The predicted molar refractivity (Wildman–Crippen MR) is 60.7 cm³/mol. The Labute approximate surface area is 103 Å². The maximum Gasteiger partial charge on any atom is 0.322 e. The van der Waals surface area contributed by atoms with Crippen molar-refractivity contribution in [2.24, 2.45) is 0 Å². The zero-order valence-corrected chi connectivity index (χ0v) is 10.2. The zero-order valence-electron chi connectivity index (χ0n) is 8.64. The van der Waals surface area contributed by atoms with E-state index >= 15 is 0 Å². The van der Waals surface area contributed by atoms with E-state index in [9.17, 15) is 17.6 Å². The van der Waals surface area contributed by atoms with Crippen LogP contribution in [0.25, 0.3) is 0 Å². The van der Waals surface area contributed by atoms with Gasteiger partial charge in [0.1, 0.15) is 0 Å². The van der Waals surface area contributed by atoms with E-state index in [-0.39, 0.29) is 4.90 Å². The minimum atomic E-state index is -4.08. The van der Waals surface area contributed by atoms with Crippen LogP contribution in [0.3, 0.4) is 0 Å². The Bertz CT molecular complexity index is 498. The molecule has 0 radical (unpaired) electrons. The first-order valence-electron chi connectivity index (χ1n) is 4.68. The predicted octanol–water partition coefficient (Wildman–Crippen LogP) is 1.93. The summed E-state index contributed by atoms with van der Waals surface area (Å²) >= 11 is 5.59. The van der Waals surface area contributed by atoms with Gasteiger partial charge in [-0.2, -0.15) is 0 Å². The molecule has 4 nitrogen and oxygen atoms in total. The van der Waals surface area contributed by atoms with Gasteiger partial charge in [-0.1, -0.05) is 11.6 Å². The van der Waals surface area contributed by atoms with Crippen LogP contribution in [0.4, 0.5) is 4.39 Å². The molecule has 7 heteroatoms. The second-order valence-electron chi connectivity index (χ2n) is 3.30. The van der Waals surface area contributed by atoms with E-state index in [1.54, 1.807) is 0 Å². The summed E-state index contributed by atoms with van der Waals surface area (Å²) in [5, 5.41) is 7.35. The number of aliphatic carboxylic acids is 1. The van der Waals surface area contributed by atoms with E-state index in [1.165, 1.54) is 24.3 Å². The molecule has 1 N–H and O–H groups in total. The molecule has 1 atom stereocenters. The normalized spacial score (nSPS) is 13.3. The summed E-state index contributed by atoms with van der Waals surface area (Å²) in [5.74, 6) is -1.56. The topological polar surface area (TPSA) is 71.4 Å². The van der Waals surface area contributed by atoms with Crippen molar-refractivity contribution in [2.75, 3.05) is 6.67 Å². The van der Waals surface area contributed by atoms with E-state index < -0.39 is 34.2 Å². The zero-order chi connectivity index (χ0) is 13.1. The summed E-state index contributed by atoms with van der Waals surface area (Å²) in [4.78, 5) is 10.6. The Balaban J connectivity index is 3.16. The number of hydrogen-bond acceptors (Lipinski definition) is 3. The first kappa shape index (κ1) is 13.9. The van der Waals surface area contributed by atoms with Crippen molar-refractivity contribution in [3.05, 3.63) is 29.3 Å². The van der Waals surface area contributed by atoms with Gasteiger partial charge in [0.2, 0.25) is 0 Å². The number of carboxylic acids is 1. The molecule has 0 unspecified atom stereocenters. The van der Waals surface area contributed by atoms with E-state index in [0.29, 0.717) is 5.02 Å². The number of halogens is 2. The lowest BCUT2D eigenvalue weighted by atomic mass is 10.3. The van der Waals surface area contributed by atoms with Crippen LogP contribution < -0.4 is 0 Å². The fourth-order valence-electron chi connectivity index (χ4n) is 1.30.